The van der Waals surface area contributed by atoms with Gasteiger partial charge in [-0.05, 0) is 54.7 Å². The van der Waals surface area contributed by atoms with Crippen molar-refractivity contribution in [1.29, 1.82) is 5.26 Å². The number of nitrogens with two attached hydrogens (primary N) is 1. The van der Waals surface area contributed by atoms with E-state index in [2.05, 4.69) is 28.5 Å². The lowest BCUT2D eigenvalue weighted by Gasteiger charge is -2.38. The number of nitriles is 1. The van der Waals surface area contributed by atoms with E-state index in [1.165, 1.54) is 28.7 Å². The number of hydrogen-bond acceptors (Lipinski definition) is 9. The summed E-state index contributed by atoms with van der Waals surface area (Å²) in [4.78, 5) is 27.5. The molecule has 12 heteroatoms. The number of Topliss-reactive ketones (excluding diaryl/α,β-unsaturated/α-hetero) is 1. The van der Waals surface area contributed by atoms with E-state index in [0.717, 1.165) is 12.1 Å². The highest BCUT2D eigenvalue weighted by molar-refractivity contribution is 8.01. The van der Waals surface area contributed by atoms with Gasteiger partial charge in [0.05, 0.1) is 23.3 Å². The van der Waals surface area contributed by atoms with Gasteiger partial charge in [-0.3, -0.25) is 14.5 Å². The highest BCUT2D eigenvalue weighted by Gasteiger charge is 2.42. The molecule has 0 bridgehead atoms. The lowest BCUT2D eigenvalue weighted by molar-refractivity contribution is -0.116. The average Bonchev–Trinajstić information content (AvgIpc) is 3.40. The van der Waals surface area contributed by atoms with Crippen molar-refractivity contribution >= 4 is 68.8 Å². The van der Waals surface area contributed by atoms with E-state index in [9.17, 15) is 14.9 Å². The van der Waals surface area contributed by atoms with Gasteiger partial charge in [-0.1, -0.05) is 71.4 Å². The van der Waals surface area contributed by atoms with Crippen LogP contribution < -0.4 is 16.0 Å². The summed E-state index contributed by atoms with van der Waals surface area (Å²) in [6.45, 7) is 2.08. The second-order valence-corrected chi connectivity index (χ2v) is 12.2. The topological polar surface area (TPSA) is 125 Å². The molecule has 0 saturated heterocycles. The van der Waals surface area contributed by atoms with Crippen LogP contribution in [0.5, 0.6) is 0 Å². The van der Waals surface area contributed by atoms with Crippen molar-refractivity contribution in [2.75, 3.05) is 16.0 Å². The molecule has 1 aliphatic heterocycles. The van der Waals surface area contributed by atoms with Crippen molar-refractivity contribution < 1.29 is 9.59 Å². The predicted octanol–water partition coefficient (Wildman–Crippen LogP) is 6.44. The van der Waals surface area contributed by atoms with Gasteiger partial charge in [-0.15, -0.1) is 10.2 Å². The fourth-order valence-electron chi connectivity index (χ4n) is 4.85. The third-order valence-corrected chi connectivity index (χ3v) is 9.35. The molecule has 1 unspecified atom stereocenters. The van der Waals surface area contributed by atoms with Gasteiger partial charge in [-0.2, -0.15) is 5.26 Å². The van der Waals surface area contributed by atoms with Crippen molar-refractivity contribution in [2.45, 2.75) is 42.9 Å². The second-order valence-electron chi connectivity index (χ2n) is 9.22. The molecule has 0 fully saturated rings. The molecule has 3 N–H and O–H groups in total. The highest BCUT2D eigenvalue weighted by Crippen LogP contribution is 2.48. The number of benzene rings is 2. The molecule has 204 valence electrons. The van der Waals surface area contributed by atoms with Gasteiger partial charge in [0.15, 0.2) is 10.1 Å². The largest absolute Gasteiger partial charge is 0.384 e. The zero-order valence-corrected chi connectivity index (χ0v) is 24.6. The molecular weight excluding hydrogens is 587 g/mol. The van der Waals surface area contributed by atoms with Gasteiger partial charge >= 0.3 is 0 Å². The molecule has 1 aromatic heterocycles. The number of rotatable bonds is 7. The fraction of sp³-hybridized carbons (Fsp3) is 0.250. The number of carbonyl (C=O) groups excluding carboxylic acids is 2. The van der Waals surface area contributed by atoms with Crippen molar-refractivity contribution in [1.82, 2.24) is 10.2 Å². The Morgan fingerprint density at radius 1 is 1.23 bits per heavy atom. The first-order valence-corrected chi connectivity index (χ1v) is 15.1. The molecular formula is C28H24Cl2N6O2S2. The quantitative estimate of drug-likeness (QED) is 0.293. The lowest BCUT2D eigenvalue weighted by Crippen LogP contribution is -2.38. The molecule has 2 aliphatic rings. The zero-order chi connectivity index (χ0) is 28.4. The summed E-state index contributed by atoms with van der Waals surface area (Å²) < 4.78 is 0.560. The van der Waals surface area contributed by atoms with Crippen LogP contribution in [-0.2, 0) is 16.0 Å². The van der Waals surface area contributed by atoms with Gasteiger partial charge in [0.2, 0.25) is 11.0 Å². The number of allylic oxidation sites excluding steroid dienone is 3. The van der Waals surface area contributed by atoms with E-state index in [-0.39, 0.29) is 28.8 Å². The van der Waals surface area contributed by atoms with Gasteiger partial charge in [-0.25, -0.2) is 0 Å². The predicted molar refractivity (Wildman–Crippen MR) is 159 cm³/mol. The number of carbonyl (C=O) groups is 2. The summed E-state index contributed by atoms with van der Waals surface area (Å²) in [7, 11) is 0. The normalized spacial score (nSPS) is 17.1. The minimum Gasteiger partial charge on any atom is -0.384 e. The van der Waals surface area contributed by atoms with Crippen molar-refractivity contribution in [3.05, 3.63) is 86.3 Å². The molecule has 1 amide bonds. The summed E-state index contributed by atoms with van der Waals surface area (Å²) >= 11 is 15.1. The number of hydrogen-bond donors (Lipinski definition) is 2. The molecule has 8 nitrogen and oxygen atoms in total. The van der Waals surface area contributed by atoms with Crippen LogP contribution in [0.25, 0.3) is 0 Å². The van der Waals surface area contributed by atoms with Crippen molar-refractivity contribution in [2.24, 2.45) is 5.73 Å². The van der Waals surface area contributed by atoms with E-state index >= 15 is 0 Å². The molecule has 0 spiro atoms. The lowest BCUT2D eigenvalue weighted by atomic mass is 9.76. The van der Waals surface area contributed by atoms with Crippen molar-refractivity contribution in [3.8, 4) is 6.07 Å². The smallest absolute Gasteiger partial charge is 0.234 e. The van der Waals surface area contributed by atoms with Crippen LogP contribution in [0.1, 0.15) is 43.2 Å². The standard InChI is InChI=1S/C28H24Cl2N6O2S2/c1-2-15-6-9-17(10-7-15)33-23(38)14-39-28-35-34-27(40-28)36-21-4-3-5-22(37)25(21)24(19(13-31)26(36)32)18-11-8-16(29)12-20(18)30/h6-12,24H,2-5,14,32H2,1H3,(H,33,38). The number of ketones is 1. The summed E-state index contributed by atoms with van der Waals surface area (Å²) in [5.74, 6) is -0.618. The van der Waals surface area contributed by atoms with E-state index in [1.54, 1.807) is 23.1 Å². The summed E-state index contributed by atoms with van der Waals surface area (Å²) in [5, 5.41) is 22.8. The van der Waals surface area contributed by atoms with Crippen molar-refractivity contribution in [3.63, 3.8) is 0 Å². The Hall–Kier alpha value is -3.36. The van der Waals surface area contributed by atoms with Crippen LogP contribution in [-0.4, -0.2) is 27.6 Å². The minimum absolute atomic E-state index is 0.0646. The first-order chi connectivity index (χ1) is 19.3. The minimum atomic E-state index is -0.703. The first kappa shape index (κ1) is 28.2. The molecule has 2 heterocycles. The molecule has 0 radical (unpaired) electrons. The summed E-state index contributed by atoms with van der Waals surface area (Å²) in [6, 6.07) is 14.9. The SMILES string of the molecule is CCc1ccc(NC(=O)CSc2nnc(N3C(N)=C(C#N)C(c4ccc(Cl)cc4Cl)C4=C3CCCC4=O)s2)cc1. The Kier molecular flexibility index (Phi) is 8.47. The Labute approximate surface area is 249 Å². The molecule has 1 atom stereocenters. The molecule has 3 aromatic rings. The molecule has 40 heavy (non-hydrogen) atoms. The van der Waals surface area contributed by atoms with Crippen LogP contribution in [0.2, 0.25) is 10.0 Å². The van der Waals surface area contributed by atoms with Gasteiger partial charge < -0.3 is 11.1 Å². The van der Waals surface area contributed by atoms with Crippen LogP contribution in [0.15, 0.2) is 69.5 Å². The van der Waals surface area contributed by atoms with Gasteiger partial charge in [0.1, 0.15) is 5.82 Å². The number of amides is 1. The maximum Gasteiger partial charge on any atom is 0.234 e. The number of thioether (sulfide) groups is 1. The Balaban J connectivity index is 1.41. The highest BCUT2D eigenvalue weighted by atomic mass is 35.5. The van der Waals surface area contributed by atoms with Gasteiger partial charge in [0, 0.05) is 33.4 Å². The Morgan fingerprint density at radius 3 is 2.70 bits per heavy atom. The van der Waals surface area contributed by atoms with Crippen LogP contribution >= 0.6 is 46.3 Å². The summed E-state index contributed by atoms with van der Waals surface area (Å²) in [6.07, 6.45) is 2.51. The van der Waals surface area contributed by atoms with Crippen LogP contribution in [0.4, 0.5) is 10.8 Å². The number of nitrogens with one attached hydrogen (secondary N) is 1. The monoisotopic (exact) mass is 610 g/mol. The molecule has 2 aromatic carbocycles. The van der Waals surface area contributed by atoms with Crippen LogP contribution in [0.3, 0.4) is 0 Å². The third kappa shape index (κ3) is 5.60. The number of halogens is 2. The van der Waals surface area contributed by atoms with Gasteiger partial charge in [0.25, 0.3) is 0 Å². The number of anilines is 2. The Bertz CT molecular complexity index is 1590. The third-order valence-electron chi connectivity index (χ3n) is 6.75. The maximum atomic E-state index is 13.3. The van der Waals surface area contributed by atoms with E-state index in [0.29, 0.717) is 55.6 Å². The van der Waals surface area contributed by atoms with E-state index in [4.69, 9.17) is 28.9 Å². The zero-order valence-electron chi connectivity index (χ0n) is 21.4. The van der Waals surface area contributed by atoms with E-state index < -0.39 is 5.92 Å². The fourth-order valence-corrected chi connectivity index (χ4v) is 7.05. The first-order valence-electron chi connectivity index (χ1n) is 12.6. The number of nitrogens with zero attached hydrogens (tertiary/aromatic N) is 4. The van der Waals surface area contributed by atoms with Crippen LogP contribution in [0, 0.1) is 11.3 Å². The number of aryl methyl sites for hydroxylation is 1. The summed E-state index contributed by atoms with van der Waals surface area (Å²) in [5.41, 5.74) is 10.5. The Morgan fingerprint density at radius 2 is 2.00 bits per heavy atom. The molecule has 5 rings (SSSR count). The maximum absolute atomic E-state index is 13.3. The molecule has 0 saturated carbocycles. The number of aromatic nitrogens is 2. The average molecular weight is 612 g/mol. The molecule has 1 aliphatic carbocycles. The van der Waals surface area contributed by atoms with E-state index in [1.807, 2.05) is 24.3 Å². The second kappa shape index (κ2) is 12.0.